The molecule has 0 unspecified atom stereocenters. The number of nitrogens with zero attached hydrogens (tertiary/aromatic N) is 1. The molecule has 2 heterocycles. The highest BCUT2D eigenvalue weighted by Gasteiger charge is 2.14. The van der Waals surface area contributed by atoms with Crippen LogP contribution < -0.4 is 0 Å². The van der Waals surface area contributed by atoms with Gasteiger partial charge in [-0.05, 0) is 30.3 Å². The zero-order valence-corrected chi connectivity index (χ0v) is 11.7. The fraction of sp³-hybridized carbons (Fsp3) is 0.0714. The van der Waals surface area contributed by atoms with Crippen molar-refractivity contribution in [1.82, 2.24) is 9.55 Å². The Hall–Kier alpha value is -2.01. The van der Waals surface area contributed by atoms with E-state index in [0.29, 0.717) is 0 Å². The molecule has 0 saturated heterocycles. The van der Waals surface area contributed by atoms with E-state index in [0.717, 1.165) is 26.8 Å². The smallest absolute Gasteiger partial charge is 0.352 e. The van der Waals surface area contributed by atoms with E-state index in [4.69, 9.17) is 5.11 Å². The Bertz CT molecular complexity index is 786. The number of aromatic nitrogens is 2. The lowest BCUT2D eigenvalue weighted by Gasteiger charge is -2.02. The van der Waals surface area contributed by atoms with E-state index in [1.807, 2.05) is 30.3 Å². The van der Waals surface area contributed by atoms with Crippen LogP contribution in [0.4, 0.5) is 0 Å². The van der Waals surface area contributed by atoms with E-state index in [-0.39, 0.29) is 5.69 Å². The van der Waals surface area contributed by atoms with E-state index in [1.165, 1.54) is 0 Å². The molecule has 0 bridgehead atoms. The number of nitrogens with one attached hydrogen (secondary N) is 1. The number of benzene rings is 1. The number of H-pyrrole nitrogens is 1. The number of fused-ring (bicyclic) bond motifs is 1. The average Bonchev–Trinajstić information content (AvgIpc) is 2.93. The van der Waals surface area contributed by atoms with Crippen molar-refractivity contribution >= 4 is 32.8 Å². The molecule has 96 valence electrons. The molecule has 1 aromatic carbocycles. The molecule has 0 aliphatic rings. The molecule has 19 heavy (non-hydrogen) atoms. The van der Waals surface area contributed by atoms with Crippen LogP contribution in [0.1, 0.15) is 10.5 Å². The first-order valence-electron chi connectivity index (χ1n) is 5.74. The summed E-state index contributed by atoms with van der Waals surface area (Å²) in [6, 6.07) is 11.4. The van der Waals surface area contributed by atoms with Gasteiger partial charge in [-0.25, -0.2) is 4.79 Å². The second-order valence-electron chi connectivity index (χ2n) is 4.35. The van der Waals surface area contributed by atoms with Gasteiger partial charge in [0.25, 0.3) is 0 Å². The average molecular weight is 319 g/mol. The van der Waals surface area contributed by atoms with Gasteiger partial charge < -0.3 is 14.7 Å². The molecular formula is C14H11BrN2O2. The quantitative estimate of drug-likeness (QED) is 0.758. The molecule has 0 amide bonds. The second-order valence-corrected chi connectivity index (χ2v) is 5.21. The number of halogens is 1. The van der Waals surface area contributed by atoms with Crippen LogP contribution in [0, 0.1) is 0 Å². The van der Waals surface area contributed by atoms with Gasteiger partial charge in [-0.2, -0.15) is 0 Å². The van der Waals surface area contributed by atoms with Crippen molar-refractivity contribution in [3.63, 3.8) is 0 Å². The third-order valence-electron chi connectivity index (χ3n) is 3.23. The molecule has 3 aromatic rings. The van der Waals surface area contributed by atoms with Gasteiger partial charge in [0, 0.05) is 22.4 Å². The summed E-state index contributed by atoms with van der Waals surface area (Å²) >= 11 is 3.51. The summed E-state index contributed by atoms with van der Waals surface area (Å²) < 4.78 is 2.68. The minimum Gasteiger partial charge on any atom is -0.477 e. The van der Waals surface area contributed by atoms with E-state index < -0.39 is 5.97 Å². The van der Waals surface area contributed by atoms with Crippen LogP contribution in [-0.2, 0) is 7.05 Å². The topological polar surface area (TPSA) is 58.0 Å². The number of carboxylic acids is 1. The third kappa shape index (κ3) is 1.86. The number of aromatic amines is 1. The predicted molar refractivity (Wildman–Crippen MR) is 77.4 cm³/mol. The monoisotopic (exact) mass is 318 g/mol. The van der Waals surface area contributed by atoms with Gasteiger partial charge in [0.1, 0.15) is 5.69 Å². The molecule has 0 aliphatic carbocycles. The van der Waals surface area contributed by atoms with E-state index in [9.17, 15) is 4.79 Å². The third-order valence-corrected chi connectivity index (χ3v) is 3.92. The van der Waals surface area contributed by atoms with Gasteiger partial charge in [-0.3, -0.25) is 0 Å². The van der Waals surface area contributed by atoms with Gasteiger partial charge in [-0.1, -0.05) is 22.0 Å². The molecule has 4 nitrogen and oxygen atoms in total. The molecule has 0 spiro atoms. The molecule has 2 aromatic heterocycles. The van der Waals surface area contributed by atoms with Crippen LogP contribution in [-0.4, -0.2) is 20.6 Å². The maximum Gasteiger partial charge on any atom is 0.352 e. The fourth-order valence-corrected chi connectivity index (χ4v) is 2.73. The molecule has 3 rings (SSSR count). The lowest BCUT2D eigenvalue weighted by molar-refractivity contribution is 0.0687. The fourth-order valence-electron chi connectivity index (χ4n) is 2.25. The summed E-state index contributed by atoms with van der Waals surface area (Å²) in [5, 5.41) is 10.2. The SMILES string of the molecule is Cn1c(C(=O)O)ccc1-c1cc2c(Br)cccc2[nH]1. The number of hydrogen-bond acceptors (Lipinski definition) is 1. The Labute approximate surface area is 117 Å². The highest BCUT2D eigenvalue weighted by molar-refractivity contribution is 9.10. The first kappa shape index (κ1) is 12.0. The number of rotatable bonds is 2. The summed E-state index contributed by atoms with van der Waals surface area (Å²) in [4.78, 5) is 14.4. The Morgan fingerprint density at radius 2 is 2.11 bits per heavy atom. The standard InChI is InChI=1S/C14H11BrN2O2/c1-17-12(5-6-13(17)14(18)19)11-7-8-9(15)3-2-4-10(8)16-11/h2-7,16H,1H3,(H,18,19). The molecule has 0 aliphatic heterocycles. The summed E-state index contributed by atoms with van der Waals surface area (Å²) in [6.45, 7) is 0. The zero-order valence-electron chi connectivity index (χ0n) is 10.1. The molecule has 2 N–H and O–H groups in total. The first-order chi connectivity index (χ1) is 9.08. The van der Waals surface area contributed by atoms with Crippen LogP contribution in [0.25, 0.3) is 22.3 Å². The molecule has 0 fully saturated rings. The summed E-state index contributed by atoms with van der Waals surface area (Å²) in [5.41, 5.74) is 3.03. The Morgan fingerprint density at radius 3 is 2.74 bits per heavy atom. The number of carboxylic acid groups (broad SMARTS) is 1. The summed E-state index contributed by atoms with van der Waals surface area (Å²) in [6.07, 6.45) is 0. The van der Waals surface area contributed by atoms with Gasteiger partial charge in [0.05, 0.1) is 11.4 Å². The Balaban J connectivity index is 2.20. The van der Waals surface area contributed by atoms with Crippen molar-refractivity contribution in [2.24, 2.45) is 7.05 Å². The van der Waals surface area contributed by atoms with E-state index >= 15 is 0 Å². The highest BCUT2D eigenvalue weighted by Crippen LogP contribution is 2.29. The van der Waals surface area contributed by atoms with E-state index in [2.05, 4.69) is 20.9 Å². The Morgan fingerprint density at radius 1 is 1.32 bits per heavy atom. The van der Waals surface area contributed by atoms with Crippen LogP contribution >= 0.6 is 15.9 Å². The summed E-state index contributed by atoms with van der Waals surface area (Å²) in [5.74, 6) is -0.925. The van der Waals surface area contributed by atoms with Crippen LogP contribution in [0.3, 0.4) is 0 Å². The molecular weight excluding hydrogens is 308 g/mol. The minimum atomic E-state index is -0.925. The minimum absolute atomic E-state index is 0.271. The van der Waals surface area contributed by atoms with Crippen LogP contribution in [0.5, 0.6) is 0 Å². The number of hydrogen-bond donors (Lipinski definition) is 2. The number of aromatic carboxylic acids is 1. The zero-order chi connectivity index (χ0) is 13.6. The van der Waals surface area contributed by atoms with Gasteiger partial charge in [0.2, 0.25) is 0 Å². The molecule has 5 heteroatoms. The lowest BCUT2D eigenvalue weighted by atomic mass is 10.2. The maximum atomic E-state index is 11.1. The Kier molecular flexibility index (Phi) is 2.71. The van der Waals surface area contributed by atoms with Crippen LogP contribution in [0.15, 0.2) is 40.9 Å². The van der Waals surface area contributed by atoms with Crippen molar-refractivity contribution < 1.29 is 9.90 Å². The summed E-state index contributed by atoms with van der Waals surface area (Å²) in [7, 11) is 1.75. The van der Waals surface area contributed by atoms with Crippen molar-refractivity contribution in [2.75, 3.05) is 0 Å². The van der Waals surface area contributed by atoms with Gasteiger partial charge in [-0.15, -0.1) is 0 Å². The van der Waals surface area contributed by atoms with Crippen molar-refractivity contribution in [1.29, 1.82) is 0 Å². The molecule has 0 saturated carbocycles. The van der Waals surface area contributed by atoms with Crippen molar-refractivity contribution in [3.05, 3.63) is 46.6 Å². The van der Waals surface area contributed by atoms with E-state index in [1.54, 1.807) is 17.7 Å². The maximum absolute atomic E-state index is 11.1. The lowest BCUT2D eigenvalue weighted by Crippen LogP contribution is -2.05. The number of carbonyl (C=O) groups is 1. The van der Waals surface area contributed by atoms with Crippen LogP contribution in [0.2, 0.25) is 0 Å². The normalized spacial score (nSPS) is 11.1. The highest BCUT2D eigenvalue weighted by atomic mass is 79.9. The molecule has 0 radical (unpaired) electrons. The van der Waals surface area contributed by atoms with Crippen molar-refractivity contribution in [3.8, 4) is 11.4 Å². The van der Waals surface area contributed by atoms with Gasteiger partial charge in [0.15, 0.2) is 0 Å². The van der Waals surface area contributed by atoms with Gasteiger partial charge >= 0.3 is 5.97 Å². The van der Waals surface area contributed by atoms with Crippen molar-refractivity contribution in [2.45, 2.75) is 0 Å². The predicted octanol–water partition coefficient (Wildman–Crippen LogP) is 3.63. The molecule has 0 atom stereocenters. The second kappa shape index (κ2) is 4.28. The largest absolute Gasteiger partial charge is 0.477 e. The first-order valence-corrected chi connectivity index (χ1v) is 6.54.